The first kappa shape index (κ1) is 18.8. The maximum absolute atomic E-state index is 12.4. The van der Waals surface area contributed by atoms with E-state index in [2.05, 4.69) is 0 Å². The number of allylic oxidation sites excluding steroid dienone is 3. The number of aryl methyl sites for hydroxylation is 1. The average Bonchev–Trinajstić information content (AvgIpc) is 2.66. The van der Waals surface area contributed by atoms with Gasteiger partial charge in [0.2, 0.25) is 11.8 Å². The van der Waals surface area contributed by atoms with Crippen LogP contribution in [0.25, 0.3) is 0 Å². The zero-order chi connectivity index (χ0) is 18.1. The largest absolute Gasteiger partial charge is 0.497 e. The highest BCUT2D eigenvalue weighted by Gasteiger charge is 2.22. The van der Waals surface area contributed by atoms with Gasteiger partial charge in [-0.3, -0.25) is 9.59 Å². The smallest absolute Gasteiger partial charge is 0.246 e. The molecule has 1 saturated heterocycles. The third-order valence-corrected chi connectivity index (χ3v) is 4.27. The summed E-state index contributed by atoms with van der Waals surface area (Å²) < 4.78 is 5.13. The number of carbonyl (C=O) groups excluding carboxylic acids is 2. The number of rotatable bonds is 6. The number of carbonyl (C=O) groups is 2. The van der Waals surface area contributed by atoms with E-state index in [1.54, 1.807) is 24.2 Å². The molecule has 0 spiro atoms. The third kappa shape index (κ3) is 5.78. The first-order valence-corrected chi connectivity index (χ1v) is 8.63. The summed E-state index contributed by atoms with van der Waals surface area (Å²) in [5, 5.41) is 0. The van der Waals surface area contributed by atoms with Gasteiger partial charge in [0.25, 0.3) is 0 Å². The molecule has 1 aromatic rings. The second-order valence-corrected chi connectivity index (χ2v) is 5.94. The van der Waals surface area contributed by atoms with Gasteiger partial charge in [0, 0.05) is 38.7 Å². The molecule has 5 heteroatoms. The van der Waals surface area contributed by atoms with Crippen molar-refractivity contribution in [3.05, 3.63) is 54.1 Å². The molecule has 0 saturated carbocycles. The quantitative estimate of drug-likeness (QED) is 0.589. The van der Waals surface area contributed by atoms with Crippen molar-refractivity contribution in [3.63, 3.8) is 0 Å². The molecule has 0 atom stereocenters. The third-order valence-electron chi connectivity index (χ3n) is 4.27. The van der Waals surface area contributed by atoms with Crippen molar-refractivity contribution in [2.75, 3.05) is 33.3 Å². The Balaban J connectivity index is 1.75. The number of hydrogen-bond acceptors (Lipinski definition) is 3. The lowest BCUT2D eigenvalue weighted by Gasteiger charge is -2.34. The Labute approximate surface area is 149 Å². The lowest BCUT2D eigenvalue weighted by molar-refractivity contribution is -0.137. The molecule has 0 unspecified atom stereocenters. The summed E-state index contributed by atoms with van der Waals surface area (Å²) in [4.78, 5) is 28.0. The zero-order valence-electron chi connectivity index (χ0n) is 15.0. The van der Waals surface area contributed by atoms with E-state index in [9.17, 15) is 9.59 Å². The molecule has 0 aliphatic carbocycles. The normalized spacial score (nSPS) is 15.1. The Morgan fingerprint density at radius 3 is 2.28 bits per heavy atom. The summed E-state index contributed by atoms with van der Waals surface area (Å²) in [6.45, 7) is 4.29. The summed E-state index contributed by atoms with van der Waals surface area (Å²) in [5.41, 5.74) is 1.12. The number of piperazine rings is 1. The van der Waals surface area contributed by atoms with Crippen molar-refractivity contribution in [1.29, 1.82) is 0 Å². The summed E-state index contributed by atoms with van der Waals surface area (Å²) in [6.07, 6.45) is 8.23. The van der Waals surface area contributed by atoms with E-state index in [0.29, 0.717) is 39.0 Å². The minimum atomic E-state index is 0.00318. The van der Waals surface area contributed by atoms with Gasteiger partial charge in [0.15, 0.2) is 0 Å². The summed E-state index contributed by atoms with van der Waals surface area (Å²) in [7, 11) is 1.64. The molecule has 5 nitrogen and oxygen atoms in total. The average molecular weight is 342 g/mol. The highest BCUT2D eigenvalue weighted by atomic mass is 16.5. The van der Waals surface area contributed by atoms with Crippen LogP contribution < -0.4 is 4.74 Å². The highest BCUT2D eigenvalue weighted by Crippen LogP contribution is 2.13. The Kier molecular flexibility index (Phi) is 7.26. The molecule has 1 aliphatic rings. The van der Waals surface area contributed by atoms with Crippen molar-refractivity contribution in [3.8, 4) is 5.75 Å². The SMILES string of the molecule is C/C=C/C=C\C(=O)N1CCN(C(=O)CCc2ccc(OC)cc2)CC1. The summed E-state index contributed by atoms with van der Waals surface area (Å²) >= 11 is 0. The standard InChI is InChI=1S/C20H26N2O3/c1-3-4-5-6-19(23)21-13-15-22(16-14-21)20(24)12-9-17-7-10-18(25-2)11-8-17/h3-8,10-11H,9,12-16H2,1-2H3/b4-3+,6-5-. The van der Waals surface area contributed by atoms with E-state index >= 15 is 0 Å². The molecule has 1 aromatic carbocycles. The van der Waals surface area contributed by atoms with Crippen LogP contribution in [0.1, 0.15) is 18.9 Å². The minimum Gasteiger partial charge on any atom is -0.497 e. The van der Waals surface area contributed by atoms with Gasteiger partial charge in [0.1, 0.15) is 5.75 Å². The first-order valence-electron chi connectivity index (χ1n) is 8.63. The van der Waals surface area contributed by atoms with E-state index < -0.39 is 0 Å². The van der Waals surface area contributed by atoms with Gasteiger partial charge in [-0.25, -0.2) is 0 Å². The topological polar surface area (TPSA) is 49.9 Å². The molecule has 0 aromatic heterocycles. The molecule has 134 valence electrons. The first-order chi connectivity index (χ1) is 12.1. The number of amides is 2. The van der Waals surface area contributed by atoms with Crippen molar-refractivity contribution in [2.45, 2.75) is 19.8 Å². The number of nitrogens with zero attached hydrogens (tertiary/aromatic N) is 2. The van der Waals surface area contributed by atoms with Crippen LogP contribution in [-0.2, 0) is 16.0 Å². The van der Waals surface area contributed by atoms with Crippen LogP contribution in [-0.4, -0.2) is 54.9 Å². The fourth-order valence-electron chi connectivity index (χ4n) is 2.73. The van der Waals surface area contributed by atoms with E-state index in [4.69, 9.17) is 4.74 Å². The molecule has 1 heterocycles. The van der Waals surface area contributed by atoms with Gasteiger partial charge >= 0.3 is 0 Å². The molecule has 0 radical (unpaired) electrons. The Bertz CT molecular complexity index is 627. The fraction of sp³-hybridized carbons (Fsp3) is 0.400. The van der Waals surface area contributed by atoms with Crippen LogP contribution >= 0.6 is 0 Å². The second kappa shape index (κ2) is 9.67. The van der Waals surface area contributed by atoms with Crippen LogP contribution in [0, 0.1) is 0 Å². The summed E-state index contributed by atoms with van der Waals surface area (Å²) in [5.74, 6) is 0.968. The molecule has 0 N–H and O–H groups in total. The van der Waals surface area contributed by atoms with Crippen LogP contribution in [0.3, 0.4) is 0 Å². The van der Waals surface area contributed by atoms with Crippen molar-refractivity contribution >= 4 is 11.8 Å². The number of ether oxygens (including phenoxy) is 1. The van der Waals surface area contributed by atoms with E-state index in [-0.39, 0.29) is 11.8 Å². The van der Waals surface area contributed by atoms with Gasteiger partial charge in [-0.1, -0.05) is 30.4 Å². The predicted molar refractivity (Wildman–Crippen MR) is 98.4 cm³/mol. The number of benzene rings is 1. The molecular formula is C20H26N2O3. The molecule has 25 heavy (non-hydrogen) atoms. The van der Waals surface area contributed by atoms with Gasteiger partial charge in [0.05, 0.1) is 7.11 Å². The minimum absolute atomic E-state index is 0.00318. The van der Waals surface area contributed by atoms with Crippen LogP contribution in [0.15, 0.2) is 48.6 Å². The lowest BCUT2D eigenvalue weighted by atomic mass is 10.1. The van der Waals surface area contributed by atoms with Crippen LogP contribution in [0.5, 0.6) is 5.75 Å². The Morgan fingerprint density at radius 1 is 1.04 bits per heavy atom. The van der Waals surface area contributed by atoms with E-state index in [1.165, 1.54) is 0 Å². The molecule has 0 bridgehead atoms. The van der Waals surface area contributed by atoms with Crippen molar-refractivity contribution in [1.82, 2.24) is 9.80 Å². The Hall–Kier alpha value is -2.56. The number of hydrogen-bond donors (Lipinski definition) is 0. The fourth-order valence-corrected chi connectivity index (χ4v) is 2.73. The maximum atomic E-state index is 12.4. The maximum Gasteiger partial charge on any atom is 0.246 e. The Morgan fingerprint density at radius 2 is 1.68 bits per heavy atom. The zero-order valence-corrected chi connectivity index (χ0v) is 15.0. The van der Waals surface area contributed by atoms with Crippen LogP contribution in [0.4, 0.5) is 0 Å². The lowest BCUT2D eigenvalue weighted by Crippen LogP contribution is -2.50. The van der Waals surface area contributed by atoms with Crippen molar-refractivity contribution < 1.29 is 14.3 Å². The van der Waals surface area contributed by atoms with E-state index in [0.717, 1.165) is 11.3 Å². The van der Waals surface area contributed by atoms with Gasteiger partial charge in [-0.15, -0.1) is 0 Å². The van der Waals surface area contributed by atoms with Crippen LogP contribution in [0.2, 0.25) is 0 Å². The number of methoxy groups -OCH3 is 1. The molecule has 1 aliphatic heterocycles. The second-order valence-electron chi connectivity index (χ2n) is 5.94. The van der Waals surface area contributed by atoms with Gasteiger partial charge < -0.3 is 14.5 Å². The molecule has 2 rings (SSSR count). The summed E-state index contributed by atoms with van der Waals surface area (Å²) in [6, 6.07) is 7.79. The van der Waals surface area contributed by atoms with Gasteiger partial charge in [-0.2, -0.15) is 0 Å². The predicted octanol–water partition coefficient (Wildman–Crippen LogP) is 2.43. The molecule has 2 amide bonds. The molecular weight excluding hydrogens is 316 g/mol. The highest BCUT2D eigenvalue weighted by molar-refractivity contribution is 5.88. The molecule has 1 fully saturated rings. The van der Waals surface area contributed by atoms with E-state index in [1.807, 2.05) is 48.2 Å². The van der Waals surface area contributed by atoms with Crippen molar-refractivity contribution in [2.24, 2.45) is 0 Å². The van der Waals surface area contributed by atoms with Gasteiger partial charge in [-0.05, 0) is 31.0 Å². The monoisotopic (exact) mass is 342 g/mol.